The van der Waals surface area contributed by atoms with Gasteiger partial charge in [-0.05, 0) is 38.7 Å². The smallest absolute Gasteiger partial charge is 0.223 e. The molecule has 0 aromatic carbocycles. The Bertz CT molecular complexity index is 738. The molecule has 6 nitrogen and oxygen atoms in total. The van der Waals surface area contributed by atoms with Crippen molar-refractivity contribution in [1.82, 2.24) is 15.3 Å². The van der Waals surface area contributed by atoms with Crippen molar-refractivity contribution in [3.63, 3.8) is 0 Å². The predicted octanol–water partition coefficient (Wildman–Crippen LogP) is 2.68. The number of aryl methyl sites for hydroxylation is 2. The highest BCUT2D eigenvalue weighted by Gasteiger charge is 2.27. The van der Waals surface area contributed by atoms with E-state index in [1.54, 1.807) is 24.8 Å². The van der Waals surface area contributed by atoms with Crippen LogP contribution in [0, 0.1) is 19.8 Å². The number of methoxy groups -OCH3 is 1. The minimum Gasteiger partial charge on any atom is -0.385 e. The molecule has 1 aliphatic heterocycles. The van der Waals surface area contributed by atoms with Crippen molar-refractivity contribution in [2.75, 3.05) is 38.3 Å². The van der Waals surface area contributed by atoms with Crippen molar-refractivity contribution in [3.05, 3.63) is 16.8 Å². The van der Waals surface area contributed by atoms with Gasteiger partial charge in [-0.1, -0.05) is 0 Å². The molecule has 1 aliphatic rings. The zero-order chi connectivity index (χ0) is 17.8. The summed E-state index contributed by atoms with van der Waals surface area (Å²) < 4.78 is 5.01. The molecule has 0 radical (unpaired) electrons. The highest BCUT2D eigenvalue weighted by molar-refractivity contribution is 7.18. The van der Waals surface area contributed by atoms with Crippen LogP contribution in [0.25, 0.3) is 10.2 Å². The van der Waals surface area contributed by atoms with Crippen LogP contribution in [0.4, 0.5) is 5.82 Å². The van der Waals surface area contributed by atoms with Gasteiger partial charge in [0.1, 0.15) is 17.0 Å². The molecule has 7 heteroatoms. The van der Waals surface area contributed by atoms with Crippen LogP contribution in [0.5, 0.6) is 0 Å². The predicted molar refractivity (Wildman–Crippen MR) is 101 cm³/mol. The number of amides is 1. The second-order valence-electron chi connectivity index (χ2n) is 6.56. The van der Waals surface area contributed by atoms with Crippen molar-refractivity contribution in [1.29, 1.82) is 0 Å². The highest BCUT2D eigenvalue weighted by Crippen LogP contribution is 2.35. The third kappa shape index (κ3) is 3.93. The Labute approximate surface area is 152 Å². The Morgan fingerprint density at radius 2 is 2.12 bits per heavy atom. The van der Waals surface area contributed by atoms with E-state index in [0.29, 0.717) is 13.2 Å². The topological polar surface area (TPSA) is 67.3 Å². The van der Waals surface area contributed by atoms with Gasteiger partial charge in [0.15, 0.2) is 0 Å². The van der Waals surface area contributed by atoms with Gasteiger partial charge in [0.05, 0.1) is 5.39 Å². The number of carbonyl (C=O) groups excluding carboxylic acids is 1. The highest BCUT2D eigenvalue weighted by atomic mass is 32.1. The largest absolute Gasteiger partial charge is 0.385 e. The molecule has 0 aliphatic carbocycles. The lowest BCUT2D eigenvalue weighted by Gasteiger charge is -2.32. The Morgan fingerprint density at radius 3 is 2.84 bits per heavy atom. The Hall–Kier alpha value is -1.73. The van der Waals surface area contributed by atoms with Gasteiger partial charge in [-0.15, -0.1) is 11.3 Å². The maximum Gasteiger partial charge on any atom is 0.223 e. The van der Waals surface area contributed by atoms with E-state index in [1.165, 1.54) is 15.8 Å². The molecule has 1 amide bonds. The first-order valence-corrected chi connectivity index (χ1v) is 9.65. The molecule has 1 N–H and O–H groups in total. The molecule has 25 heavy (non-hydrogen) atoms. The SMILES string of the molecule is COCCCNC(=O)C1CCN(c2ncnc3sc(C)c(C)c23)CC1. The molecule has 0 spiro atoms. The lowest BCUT2D eigenvalue weighted by atomic mass is 9.95. The molecular weight excluding hydrogens is 336 g/mol. The van der Waals surface area contributed by atoms with Crippen LogP contribution in [-0.4, -0.2) is 49.2 Å². The van der Waals surface area contributed by atoms with E-state index in [-0.39, 0.29) is 11.8 Å². The van der Waals surface area contributed by atoms with E-state index < -0.39 is 0 Å². The Balaban J connectivity index is 1.62. The van der Waals surface area contributed by atoms with Crippen LogP contribution in [0.2, 0.25) is 0 Å². The summed E-state index contributed by atoms with van der Waals surface area (Å²) in [6.07, 6.45) is 4.24. The maximum absolute atomic E-state index is 12.3. The van der Waals surface area contributed by atoms with Gasteiger partial charge in [-0.3, -0.25) is 4.79 Å². The lowest BCUT2D eigenvalue weighted by molar-refractivity contribution is -0.125. The standard InChI is InChI=1S/C18H26N4O2S/c1-12-13(2)25-18-15(12)16(20-11-21-18)22-8-5-14(6-9-22)17(23)19-7-4-10-24-3/h11,14H,4-10H2,1-3H3,(H,19,23). The van der Waals surface area contributed by atoms with Gasteiger partial charge < -0.3 is 15.0 Å². The number of aromatic nitrogens is 2. The maximum atomic E-state index is 12.3. The Morgan fingerprint density at radius 1 is 1.36 bits per heavy atom. The molecular formula is C18H26N4O2S. The van der Waals surface area contributed by atoms with Crippen molar-refractivity contribution >= 4 is 33.3 Å². The molecule has 0 saturated carbocycles. The average molecular weight is 362 g/mol. The Kier molecular flexibility index (Phi) is 5.86. The van der Waals surface area contributed by atoms with Gasteiger partial charge in [0.25, 0.3) is 0 Å². The summed E-state index contributed by atoms with van der Waals surface area (Å²) in [5.74, 6) is 1.29. The van der Waals surface area contributed by atoms with E-state index in [0.717, 1.165) is 43.0 Å². The molecule has 2 aromatic heterocycles. The van der Waals surface area contributed by atoms with Crippen LogP contribution in [0.3, 0.4) is 0 Å². The fourth-order valence-electron chi connectivity index (χ4n) is 3.33. The third-order valence-corrected chi connectivity index (χ3v) is 6.05. The van der Waals surface area contributed by atoms with Crippen LogP contribution < -0.4 is 10.2 Å². The van der Waals surface area contributed by atoms with Gasteiger partial charge in [-0.25, -0.2) is 9.97 Å². The number of carbonyl (C=O) groups is 1. The quantitative estimate of drug-likeness (QED) is 0.800. The number of hydrogen-bond acceptors (Lipinski definition) is 6. The number of nitrogens with one attached hydrogen (secondary N) is 1. The van der Waals surface area contributed by atoms with Gasteiger partial charge in [-0.2, -0.15) is 0 Å². The second-order valence-corrected chi connectivity index (χ2v) is 7.76. The van der Waals surface area contributed by atoms with Crippen molar-refractivity contribution in [2.45, 2.75) is 33.1 Å². The number of anilines is 1. The lowest BCUT2D eigenvalue weighted by Crippen LogP contribution is -2.41. The zero-order valence-electron chi connectivity index (χ0n) is 15.2. The number of thiophene rings is 1. The number of fused-ring (bicyclic) bond motifs is 1. The van der Waals surface area contributed by atoms with E-state index >= 15 is 0 Å². The first kappa shape index (κ1) is 18.1. The minimum atomic E-state index is 0.0985. The molecule has 0 unspecified atom stereocenters. The number of rotatable bonds is 6. The summed E-state index contributed by atoms with van der Waals surface area (Å²) in [4.78, 5) is 25.9. The number of ether oxygens (including phenoxy) is 1. The molecule has 0 atom stereocenters. The summed E-state index contributed by atoms with van der Waals surface area (Å²) in [5, 5.41) is 4.20. The van der Waals surface area contributed by atoms with E-state index in [1.807, 2.05) is 0 Å². The van der Waals surface area contributed by atoms with Crippen molar-refractivity contribution in [3.8, 4) is 0 Å². The van der Waals surface area contributed by atoms with E-state index in [9.17, 15) is 4.79 Å². The van der Waals surface area contributed by atoms with Crippen LogP contribution in [0.15, 0.2) is 6.33 Å². The molecule has 1 fully saturated rings. The van der Waals surface area contributed by atoms with Crippen LogP contribution in [0.1, 0.15) is 29.7 Å². The minimum absolute atomic E-state index is 0.0985. The molecule has 3 heterocycles. The third-order valence-electron chi connectivity index (χ3n) is 4.94. The summed E-state index contributed by atoms with van der Waals surface area (Å²) >= 11 is 1.72. The fraction of sp³-hybridized carbons (Fsp3) is 0.611. The fourth-order valence-corrected chi connectivity index (χ4v) is 4.32. The van der Waals surface area contributed by atoms with Gasteiger partial charge in [0.2, 0.25) is 5.91 Å². The van der Waals surface area contributed by atoms with E-state index in [2.05, 4.69) is 34.0 Å². The summed E-state index contributed by atoms with van der Waals surface area (Å²) in [7, 11) is 1.68. The van der Waals surface area contributed by atoms with Crippen LogP contribution in [-0.2, 0) is 9.53 Å². The molecule has 2 aromatic rings. The van der Waals surface area contributed by atoms with Gasteiger partial charge in [0, 0.05) is 44.1 Å². The van der Waals surface area contributed by atoms with Crippen LogP contribution >= 0.6 is 11.3 Å². The first-order chi connectivity index (χ1) is 12.1. The normalized spacial score (nSPS) is 15.7. The zero-order valence-corrected chi connectivity index (χ0v) is 16.0. The molecule has 1 saturated heterocycles. The number of hydrogen-bond donors (Lipinski definition) is 1. The first-order valence-electron chi connectivity index (χ1n) is 8.84. The molecule has 3 rings (SSSR count). The second kappa shape index (κ2) is 8.10. The number of piperidine rings is 1. The summed E-state index contributed by atoms with van der Waals surface area (Å²) in [6, 6.07) is 0. The molecule has 0 bridgehead atoms. The van der Waals surface area contributed by atoms with E-state index in [4.69, 9.17) is 4.74 Å². The average Bonchev–Trinajstić information content (AvgIpc) is 2.93. The summed E-state index contributed by atoms with van der Waals surface area (Å²) in [6.45, 7) is 7.36. The van der Waals surface area contributed by atoms with Crippen molar-refractivity contribution < 1.29 is 9.53 Å². The van der Waals surface area contributed by atoms with Crippen molar-refractivity contribution in [2.24, 2.45) is 5.92 Å². The summed E-state index contributed by atoms with van der Waals surface area (Å²) in [5.41, 5.74) is 1.27. The number of nitrogens with zero attached hydrogens (tertiary/aromatic N) is 3. The monoisotopic (exact) mass is 362 g/mol. The molecule has 136 valence electrons. The van der Waals surface area contributed by atoms with Gasteiger partial charge >= 0.3 is 0 Å².